The van der Waals surface area contributed by atoms with Crippen LogP contribution in [0, 0.1) is 6.92 Å². The molecule has 0 aliphatic heterocycles. The number of oxazole rings is 1. The van der Waals surface area contributed by atoms with Gasteiger partial charge in [0.1, 0.15) is 24.7 Å². The molecule has 0 aliphatic rings. The molecule has 0 unspecified atom stereocenters. The molecular weight excluding hydrogens is 661 g/mol. The number of hydrogen-bond acceptors (Lipinski definition) is 10. The Morgan fingerprint density at radius 1 is 0.960 bits per heavy atom. The standard InChI is InChI=1S/C37H40N3O9P/c1-6-32-31(38-35(49-32)27-16-14-25(4)30(21-27)37(41)42)24-45-33-17-15-26(20-34(33)44-5)23-46-36-28(18-19-50(43,47-7-2)48-8-3)22-40(39-36)29-12-10-9-11-13-29/h9-22H,6-8,23-24H2,1-5H3,(H,41,42). The van der Waals surface area contributed by atoms with Crippen LogP contribution in [0.25, 0.3) is 23.2 Å². The Morgan fingerprint density at radius 3 is 2.40 bits per heavy atom. The van der Waals surface area contributed by atoms with Crippen molar-refractivity contribution in [1.29, 1.82) is 0 Å². The van der Waals surface area contributed by atoms with E-state index in [1.807, 2.05) is 49.4 Å². The summed E-state index contributed by atoms with van der Waals surface area (Å²) in [5.41, 5.74) is 4.22. The highest BCUT2D eigenvalue weighted by Crippen LogP contribution is 2.50. The van der Waals surface area contributed by atoms with Gasteiger partial charge in [-0.25, -0.2) is 14.5 Å². The third kappa shape index (κ3) is 8.70. The molecule has 0 fully saturated rings. The average molecular weight is 702 g/mol. The molecule has 1 N–H and O–H groups in total. The van der Waals surface area contributed by atoms with Gasteiger partial charge in [0.2, 0.25) is 11.8 Å². The predicted octanol–water partition coefficient (Wildman–Crippen LogP) is 8.50. The molecule has 12 nitrogen and oxygen atoms in total. The Bertz CT molecular complexity index is 1990. The SMILES string of the molecule is CCOP(=O)(C=Cc1cn(-c2ccccc2)nc1OCc1ccc(OCc2nc(-c3ccc(C)c(C(=O)O)c3)oc2CC)c(OC)c1)OCC. The molecule has 50 heavy (non-hydrogen) atoms. The number of carboxylic acids is 1. The Balaban J connectivity index is 1.32. The molecule has 0 radical (unpaired) electrons. The molecule has 0 saturated carbocycles. The van der Waals surface area contributed by atoms with E-state index in [9.17, 15) is 14.5 Å². The van der Waals surface area contributed by atoms with Crippen LogP contribution in [0.3, 0.4) is 0 Å². The highest BCUT2D eigenvalue weighted by atomic mass is 31.2. The van der Waals surface area contributed by atoms with Gasteiger partial charge in [-0.3, -0.25) is 4.57 Å². The summed E-state index contributed by atoms with van der Waals surface area (Å²) in [4.78, 5) is 16.3. The maximum Gasteiger partial charge on any atom is 0.354 e. The lowest BCUT2D eigenvalue weighted by Crippen LogP contribution is -2.02. The number of methoxy groups -OCH3 is 1. The van der Waals surface area contributed by atoms with E-state index >= 15 is 0 Å². The van der Waals surface area contributed by atoms with Crippen molar-refractivity contribution in [3.63, 3.8) is 0 Å². The first-order valence-corrected chi connectivity index (χ1v) is 17.8. The summed E-state index contributed by atoms with van der Waals surface area (Å²) in [6, 6.07) is 20.1. The van der Waals surface area contributed by atoms with Crippen LogP contribution in [0.2, 0.25) is 0 Å². The van der Waals surface area contributed by atoms with Crippen LogP contribution in [0.4, 0.5) is 0 Å². The van der Waals surface area contributed by atoms with Crippen LogP contribution in [-0.2, 0) is 33.2 Å². The number of ether oxygens (including phenoxy) is 3. The number of aryl methyl sites for hydroxylation is 2. The molecule has 0 saturated heterocycles. The average Bonchev–Trinajstić information content (AvgIpc) is 3.74. The molecule has 5 aromatic rings. The van der Waals surface area contributed by atoms with Crippen molar-refractivity contribution in [2.45, 2.75) is 47.3 Å². The molecule has 0 bridgehead atoms. The molecule has 0 atom stereocenters. The highest BCUT2D eigenvalue weighted by Gasteiger charge is 2.21. The second kappa shape index (κ2) is 16.5. The van der Waals surface area contributed by atoms with E-state index in [4.69, 9.17) is 27.7 Å². The zero-order valence-corrected chi connectivity index (χ0v) is 29.5. The zero-order chi connectivity index (χ0) is 35.7. The van der Waals surface area contributed by atoms with Gasteiger partial charge in [0, 0.05) is 24.0 Å². The minimum atomic E-state index is -3.45. The first-order chi connectivity index (χ1) is 24.2. The van der Waals surface area contributed by atoms with Crippen LogP contribution in [0.1, 0.15) is 59.3 Å². The Hall–Kier alpha value is -5.16. The first kappa shape index (κ1) is 36.1. The Morgan fingerprint density at radius 2 is 1.72 bits per heavy atom. The van der Waals surface area contributed by atoms with E-state index in [2.05, 4.69) is 10.1 Å². The van der Waals surface area contributed by atoms with Gasteiger partial charge in [0.05, 0.1) is 37.1 Å². The zero-order valence-electron chi connectivity index (χ0n) is 28.6. The lowest BCUT2D eigenvalue weighted by molar-refractivity contribution is 0.0696. The maximum absolute atomic E-state index is 13.1. The fraction of sp³-hybridized carbons (Fsp3) is 0.270. The number of rotatable bonds is 17. The number of para-hydroxylation sites is 1. The number of aromatic nitrogens is 3. The monoisotopic (exact) mass is 701 g/mol. The van der Waals surface area contributed by atoms with Crippen LogP contribution in [-0.4, -0.2) is 46.2 Å². The summed E-state index contributed by atoms with van der Waals surface area (Å²) in [6.45, 7) is 7.93. The largest absolute Gasteiger partial charge is 0.493 e. The molecular formula is C37H40N3O9P. The topological polar surface area (TPSA) is 144 Å². The van der Waals surface area contributed by atoms with Gasteiger partial charge in [-0.2, -0.15) is 0 Å². The number of nitrogens with zero attached hydrogens (tertiary/aromatic N) is 3. The number of carboxylic acid groups (broad SMARTS) is 1. The molecule has 0 aliphatic carbocycles. The van der Waals surface area contributed by atoms with Gasteiger partial charge in [-0.15, -0.1) is 5.10 Å². The molecule has 5 rings (SSSR count). The molecule has 262 valence electrons. The lowest BCUT2D eigenvalue weighted by atomic mass is 10.1. The van der Waals surface area contributed by atoms with Gasteiger partial charge in [-0.05, 0) is 74.4 Å². The van der Waals surface area contributed by atoms with E-state index in [-0.39, 0.29) is 32.0 Å². The van der Waals surface area contributed by atoms with Crippen LogP contribution in [0.15, 0.2) is 83.2 Å². The van der Waals surface area contributed by atoms with E-state index in [1.54, 1.807) is 69.1 Å². The van der Waals surface area contributed by atoms with E-state index < -0.39 is 13.6 Å². The summed E-state index contributed by atoms with van der Waals surface area (Å²) in [6.07, 6.45) is 3.99. The maximum atomic E-state index is 13.1. The smallest absolute Gasteiger partial charge is 0.354 e. The van der Waals surface area contributed by atoms with E-state index in [0.717, 1.165) is 11.3 Å². The summed E-state index contributed by atoms with van der Waals surface area (Å²) in [5.74, 6) is 2.67. The summed E-state index contributed by atoms with van der Waals surface area (Å²) in [7, 11) is -1.90. The van der Waals surface area contributed by atoms with Crippen molar-refractivity contribution in [2.75, 3.05) is 20.3 Å². The fourth-order valence-electron chi connectivity index (χ4n) is 5.07. The molecule has 0 spiro atoms. The molecule has 13 heteroatoms. The van der Waals surface area contributed by atoms with Gasteiger partial charge in [0.15, 0.2) is 11.5 Å². The third-order valence-corrected chi connectivity index (χ3v) is 9.32. The molecule has 2 heterocycles. The normalized spacial score (nSPS) is 11.6. The summed E-state index contributed by atoms with van der Waals surface area (Å²) >= 11 is 0. The minimum Gasteiger partial charge on any atom is -0.493 e. The second-order valence-electron chi connectivity index (χ2n) is 11.0. The van der Waals surface area contributed by atoms with Crippen LogP contribution >= 0.6 is 7.60 Å². The molecule has 3 aromatic carbocycles. The van der Waals surface area contributed by atoms with Gasteiger partial charge >= 0.3 is 13.6 Å². The van der Waals surface area contributed by atoms with E-state index in [0.29, 0.717) is 57.8 Å². The summed E-state index contributed by atoms with van der Waals surface area (Å²) < 4.78 is 49.5. The van der Waals surface area contributed by atoms with Crippen molar-refractivity contribution in [1.82, 2.24) is 14.8 Å². The molecule has 2 aromatic heterocycles. The Kier molecular flexibility index (Phi) is 11.9. The number of aromatic carboxylic acids is 1. The second-order valence-corrected chi connectivity index (χ2v) is 12.9. The third-order valence-electron chi connectivity index (χ3n) is 7.56. The lowest BCUT2D eigenvalue weighted by Gasteiger charge is -2.13. The fourth-order valence-corrected chi connectivity index (χ4v) is 6.38. The number of carbonyl (C=O) groups is 1. The van der Waals surface area contributed by atoms with Gasteiger partial charge < -0.3 is 32.8 Å². The predicted molar refractivity (Wildman–Crippen MR) is 188 cm³/mol. The first-order valence-electron chi connectivity index (χ1n) is 16.1. The van der Waals surface area contributed by atoms with Crippen LogP contribution < -0.4 is 14.2 Å². The summed E-state index contributed by atoms with van der Waals surface area (Å²) in [5, 5.41) is 14.2. The van der Waals surface area contributed by atoms with E-state index in [1.165, 1.54) is 5.82 Å². The Labute approximate surface area is 290 Å². The van der Waals surface area contributed by atoms with Gasteiger partial charge in [-0.1, -0.05) is 37.3 Å². The van der Waals surface area contributed by atoms with Crippen LogP contribution in [0.5, 0.6) is 17.4 Å². The minimum absolute atomic E-state index is 0.108. The van der Waals surface area contributed by atoms with Crippen molar-refractivity contribution in [3.05, 3.63) is 112 Å². The van der Waals surface area contributed by atoms with Crippen molar-refractivity contribution >= 4 is 19.6 Å². The number of hydrogen-bond donors (Lipinski definition) is 1. The quantitative estimate of drug-likeness (QED) is 0.0932. The van der Waals surface area contributed by atoms with Crippen molar-refractivity contribution in [3.8, 4) is 34.5 Å². The van der Waals surface area contributed by atoms with Crippen molar-refractivity contribution in [2.24, 2.45) is 0 Å². The molecule has 0 amide bonds. The van der Waals surface area contributed by atoms with Gasteiger partial charge in [0.25, 0.3) is 0 Å². The number of benzene rings is 3. The highest BCUT2D eigenvalue weighted by molar-refractivity contribution is 7.57. The van der Waals surface area contributed by atoms with Crippen molar-refractivity contribution < 1.29 is 42.1 Å².